The van der Waals surface area contributed by atoms with Gasteiger partial charge in [0.05, 0.1) is 6.61 Å². The molecule has 4 heteroatoms. The van der Waals surface area contributed by atoms with Crippen LogP contribution < -0.4 is 10.6 Å². The van der Waals surface area contributed by atoms with Crippen molar-refractivity contribution in [2.24, 2.45) is 0 Å². The molecule has 0 bridgehead atoms. The predicted molar refractivity (Wildman–Crippen MR) is 63.0 cm³/mol. The number of carbonyl (C=O) groups is 1. The van der Waals surface area contributed by atoms with E-state index in [1.807, 2.05) is 30.3 Å². The van der Waals surface area contributed by atoms with Crippen molar-refractivity contribution in [3.63, 3.8) is 0 Å². The highest BCUT2D eigenvalue weighted by Crippen LogP contribution is 2.22. The van der Waals surface area contributed by atoms with E-state index in [0.717, 1.165) is 11.3 Å². The van der Waals surface area contributed by atoms with Crippen LogP contribution in [0.5, 0.6) is 0 Å². The van der Waals surface area contributed by atoms with Crippen molar-refractivity contribution in [2.75, 3.05) is 25.0 Å². The number of hydrogen-bond acceptors (Lipinski definition) is 3. The highest BCUT2D eigenvalue weighted by Gasteiger charge is 2.14. The van der Waals surface area contributed by atoms with Crippen molar-refractivity contribution in [3.8, 4) is 0 Å². The molecule has 2 rings (SSSR count). The number of aliphatic hydroxyl groups excluding tert-OH is 1. The molecule has 0 aromatic heterocycles. The molecule has 0 radical (unpaired) electrons. The third-order valence-electron chi connectivity index (χ3n) is 2.45. The van der Waals surface area contributed by atoms with E-state index in [1.54, 1.807) is 0 Å². The molecule has 0 fully saturated rings. The number of para-hydroxylation sites is 1. The molecular weight excluding hydrogens is 204 g/mol. The van der Waals surface area contributed by atoms with E-state index in [2.05, 4.69) is 10.6 Å². The van der Waals surface area contributed by atoms with Gasteiger partial charge in [-0.1, -0.05) is 18.2 Å². The number of aliphatic hydroxyl groups is 1. The topological polar surface area (TPSA) is 61.4 Å². The van der Waals surface area contributed by atoms with Crippen LogP contribution in [0.1, 0.15) is 5.56 Å². The molecule has 3 N–H and O–H groups in total. The molecule has 1 aromatic carbocycles. The number of fused-ring (bicyclic) bond motifs is 1. The monoisotopic (exact) mass is 218 g/mol. The van der Waals surface area contributed by atoms with E-state index >= 15 is 0 Å². The molecule has 1 amide bonds. The number of rotatable bonds is 3. The molecular formula is C12H14N2O2. The van der Waals surface area contributed by atoms with Crippen molar-refractivity contribution in [2.45, 2.75) is 0 Å². The van der Waals surface area contributed by atoms with E-state index in [4.69, 9.17) is 5.11 Å². The zero-order chi connectivity index (χ0) is 11.4. The Balaban J connectivity index is 2.14. The minimum atomic E-state index is -0.129. The second-order valence-electron chi connectivity index (χ2n) is 3.59. The van der Waals surface area contributed by atoms with Crippen LogP contribution in [-0.2, 0) is 4.79 Å². The van der Waals surface area contributed by atoms with Gasteiger partial charge in [-0.25, -0.2) is 0 Å². The first-order valence-corrected chi connectivity index (χ1v) is 5.24. The summed E-state index contributed by atoms with van der Waals surface area (Å²) in [6.45, 7) is 0.773. The van der Waals surface area contributed by atoms with E-state index in [9.17, 15) is 4.79 Å². The number of nitrogens with one attached hydrogen (secondary N) is 2. The van der Waals surface area contributed by atoms with Gasteiger partial charge in [-0.15, -0.1) is 0 Å². The maximum Gasteiger partial charge on any atom is 0.249 e. The number of carbonyl (C=O) groups excluding carboxylic acids is 1. The third-order valence-corrected chi connectivity index (χ3v) is 2.45. The second-order valence-corrected chi connectivity index (χ2v) is 3.59. The highest BCUT2D eigenvalue weighted by atomic mass is 16.3. The SMILES string of the molecule is O=C(NCCO)C1=Cc2ccccc2NC1. The molecule has 0 unspecified atom stereocenters. The number of benzene rings is 1. The van der Waals surface area contributed by atoms with Gasteiger partial charge in [-0.2, -0.15) is 0 Å². The Kier molecular flexibility index (Phi) is 3.22. The first-order valence-electron chi connectivity index (χ1n) is 5.24. The van der Waals surface area contributed by atoms with Crippen LogP contribution in [0.25, 0.3) is 6.08 Å². The van der Waals surface area contributed by atoms with Gasteiger partial charge < -0.3 is 15.7 Å². The van der Waals surface area contributed by atoms with Crippen LogP contribution in [0.3, 0.4) is 0 Å². The summed E-state index contributed by atoms with van der Waals surface area (Å²) in [4.78, 5) is 11.6. The summed E-state index contributed by atoms with van der Waals surface area (Å²) < 4.78 is 0. The average molecular weight is 218 g/mol. The summed E-state index contributed by atoms with van der Waals surface area (Å²) in [6.07, 6.45) is 1.87. The largest absolute Gasteiger partial charge is 0.395 e. The Bertz CT molecular complexity index is 427. The van der Waals surface area contributed by atoms with E-state index in [-0.39, 0.29) is 19.1 Å². The Morgan fingerprint density at radius 3 is 3.06 bits per heavy atom. The van der Waals surface area contributed by atoms with Crippen LogP contribution in [0.2, 0.25) is 0 Å². The molecule has 1 aliphatic heterocycles. The third kappa shape index (κ3) is 2.23. The van der Waals surface area contributed by atoms with Crippen LogP contribution in [-0.4, -0.2) is 30.7 Å². The first-order chi connectivity index (χ1) is 7.81. The fourth-order valence-electron chi connectivity index (χ4n) is 1.64. The molecule has 1 heterocycles. The summed E-state index contributed by atoms with van der Waals surface area (Å²) in [5.74, 6) is -0.129. The molecule has 0 spiro atoms. The van der Waals surface area contributed by atoms with Gasteiger partial charge in [0.15, 0.2) is 0 Å². The van der Waals surface area contributed by atoms with Crippen LogP contribution in [0.15, 0.2) is 29.8 Å². The van der Waals surface area contributed by atoms with Crippen LogP contribution in [0.4, 0.5) is 5.69 Å². The lowest BCUT2D eigenvalue weighted by atomic mass is 10.0. The molecule has 0 saturated heterocycles. The number of hydrogen-bond donors (Lipinski definition) is 3. The second kappa shape index (κ2) is 4.81. The molecule has 84 valence electrons. The molecule has 4 nitrogen and oxygen atoms in total. The van der Waals surface area contributed by atoms with E-state index in [1.165, 1.54) is 0 Å². The summed E-state index contributed by atoms with van der Waals surface area (Å²) in [5.41, 5.74) is 2.75. The molecule has 1 aromatic rings. The fourth-order valence-corrected chi connectivity index (χ4v) is 1.64. The van der Waals surface area contributed by atoms with Crippen LogP contribution in [0, 0.1) is 0 Å². The van der Waals surface area contributed by atoms with Gasteiger partial charge in [0.25, 0.3) is 0 Å². The number of amides is 1. The summed E-state index contributed by atoms with van der Waals surface area (Å²) >= 11 is 0. The summed E-state index contributed by atoms with van der Waals surface area (Å²) in [7, 11) is 0. The minimum Gasteiger partial charge on any atom is -0.395 e. The number of anilines is 1. The predicted octanol–water partition coefficient (Wildman–Crippen LogP) is 0.604. The maximum absolute atomic E-state index is 11.6. The van der Waals surface area contributed by atoms with Crippen LogP contribution >= 0.6 is 0 Å². The standard InChI is InChI=1S/C12H14N2O2/c15-6-5-13-12(16)10-7-9-3-1-2-4-11(9)14-8-10/h1-4,7,14-15H,5-6,8H2,(H,13,16). The van der Waals surface area contributed by atoms with Crippen molar-refractivity contribution >= 4 is 17.7 Å². The van der Waals surface area contributed by atoms with Crippen molar-refractivity contribution < 1.29 is 9.90 Å². The molecule has 0 saturated carbocycles. The van der Waals surface area contributed by atoms with E-state index in [0.29, 0.717) is 12.1 Å². The Labute approximate surface area is 94.0 Å². The van der Waals surface area contributed by atoms with Gasteiger partial charge in [0.2, 0.25) is 5.91 Å². The van der Waals surface area contributed by atoms with Gasteiger partial charge in [0.1, 0.15) is 0 Å². The lowest BCUT2D eigenvalue weighted by Gasteiger charge is -2.17. The van der Waals surface area contributed by atoms with Gasteiger partial charge in [-0.05, 0) is 17.7 Å². The normalized spacial score (nSPS) is 13.4. The zero-order valence-electron chi connectivity index (χ0n) is 8.86. The highest BCUT2D eigenvalue weighted by molar-refractivity contribution is 6.00. The van der Waals surface area contributed by atoms with Crippen molar-refractivity contribution in [1.82, 2.24) is 5.32 Å². The fraction of sp³-hybridized carbons (Fsp3) is 0.250. The molecule has 0 aliphatic carbocycles. The van der Waals surface area contributed by atoms with Gasteiger partial charge >= 0.3 is 0 Å². The molecule has 1 aliphatic rings. The van der Waals surface area contributed by atoms with Crippen molar-refractivity contribution in [3.05, 3.63) is 35.4 Å². The van der Waals surface area contributed by atoms with Gasteiger partial charge in [-0.3, -0.25) is 4.79 Å². The van der Waals surface area contributed by atoms with Gasteiger partial charge in [0, 0.05) is 24.4 Å². The smallest absolute Gasteiger partial charge is 0.249 e. The quantitative estimate of drug-likeness (QED) is 0.696. The summed E-state index contributed by atoms with van der Waals surface area (Å²) in [5, 5.41) is 14.4. The minimum absolute atomic E-state index is 0.0387. The Morgan fingerprint density at radius 2 is 2.25 bits per heavy atom. The Hall–Kier alpha value is -1.81. The zero-order valence-corrected chi connectivity index (χ0v) is 8.86. The lowest BCUT2D eigenvalue weighted by Crippen LogP contribution is -2.31. The molecule has 0 atom stereocenters. The average Bonchev–Trinajstić information content (AvgIpc) is 2.35. The Morgan fingerprint density at radius 1 is 1.44 bits per heavy atom. The first kappa shape index (κ1) is 10.7. The lowest BCUT2D eigenvalue weighted by molar-refractivity contribution is -0.117. The maximum atomic E-state index is 11.6. The molecule has 16 heavy (non-hydrogen) atoms. The van der Waals surface area contributed by atoms with Crippen molar-refractivity contribution in [1.29, 1.82) is 0 Å². The van der Waals surface area contributed by atoms with E-state index < -0.39 is 0 Å². The summed E-state index contributed by atoms with van der Waals surface area (Å²) in [6, 6.07) is 7.83.